The van der Waals surface area contributed by atoms with Crippen LogP contribution in [0.15, 0.2) is 30.4 Å². The summed E-state index contributed by atoms with van der Waals surface area (Å²) in [7, 11) is 0. The average molecular weight is 139 g/mol. The number of fused-ring (bicyclic) bond motifs is 5. The van der Waals surface area contributed by atoms with Crippen LogP contribution in [0.2, 0.25) is 0 Å². The van der Waals surface area contributed by atoms with Crippen LogP contribution in [0.1, 0.15) is 17.5 Å². The van der Waals surface area contributed by atoms with Gasteiger partial charge in [0.2, 0.25) is 0 Å². The number of allylic oxidation sites excluding steroid dienone is 4. The Bertz CT molecular complexity index is 344. The molecule has 0 spiro atoms. The zero-order valence-electron chi connectivity index (χ0n) is 6.09. The molecule has 1 aromatic rings. The molecule has 2 bridgehead atoms. The van der Waals surface area contributed by atoms with Crippen molar-refractivity contribution in [3.05, 3.63) is 47.5 Å². The average Bonchev–Trinajstić information content (AvgIpc) is 2.64. The highest BCUT2D eigenvalue weighted by Gasteiger charge is 2.22. The zero-order valence-corrected chi connectivity index (χ0v) is 6.09. The molecule has 3 rings (SSSR count). The summed E-state index contributed by atoms with van der Waals surface area (Å²) in [6.45, 7) is 0. The highest BCUT2D eigenvalue weighted by atomic mass is 14.3. The van der Waals surface area contributed by atoms with E-state index in [9.17, 15) is 0 Å². The molecule has 0 atom stereocenters. The van der Waals surface area contributed by atoms with Gasteiger partial charge in [0.15, 0.2) is 0 Å². The fourth-order valence-electron chi connectivity index (χ4n) is 1.85. The lowest BCUT2D eigenvalue weighted by molar-refractivity contribution is 1.57. The van der Waals surface area contributed by atoms with E-state index in [4.69, 9.17) is 0 Å². The minimum absolute atomic E-state index is 1.13. The number of hydrogen-bond acceptors (Lipinski definition) is 0. The van der Waals surface area contributed by atoms with E-state index >= 15 is 0 Å². The molecule has 1 radical (unpaired) electrons. The molecular weight excluding hydrogens is 132 g/mol. The lowest BCUT2D eigenvalue weighted by atomic mass is 10.0. The van der Waals surface area contributed by atoms with Gasteiger partial charge in [-0.05, 0) is 34.8 Å². The lowest BCUT2D eigenvalue weighted by Gasteiger charge is -2.00. The van der Waals surface area contributed by atoms with Gasteiger partial charge in [0.05, 0.1) is 0 Å². The Morgan fingerprint density at radius 2 is 2.09 bits per heavy atom. The predicted octanol–water partition coefficient (Wildman–Crippen LogP) is 2.67. The van der Waals surface area contributed by atoms with Crippen molar-refractivity contribution < 1.29 is 0 Å². The van der Waals surface area contributed by atoms with Crippen LogP contribution in [-0.2, 0) is 0 Å². The van der Waals surface area contributed by atoms with E-state index in [2.05, 4.69) is 30.4 Å². The standard InChI is InChI=1S/C11H7/c1-2-4-11-9-6-5-8(7-9)10(11)3-1/h1-3,5-6H,7H2. The summed E-state index contributed by atoms with van der Waals surface area (Å²) in [4.78, 5) is 0. The van der Waals surface area contributed by atoms with Gasteiger partial charge in [0, 0.05) is 0 Å². The maximum Gasteiger partial charge on any atom is -0.00132 e. The molecule has 0 amide bonds. The zero-order chi connectivity index (χ0) is 7.26. The van der Waals surface area contributed by atoms with Gasteiger partial charge < -0.3 is 0 Å². The Balaban J connectivity index is 2.41. The Morgan fingerprint density at radius 3 is 3.00 bits per heavy atom. The first-order valence-electron chi connectivity index (χ1n) is 3.86. The third kappa shape index (κ3) is 0.548. The van der Waals surface area contributed by atoms with Gasteiger partial charge in [0.1, 0.15) is 0 Å². The molecule has 0 saturated heterocycles. The minimum Gasteiger partial charge on any atom is -0.0610 e. The van der Waals surface area contributed by atoms with Crippen molar-refractivity contribution in [1.82, 2.24) is 0 Å². The smallest absolute Gasteiger partial charge is 0.00132 e. The molecule has 11 heavy (non-hydrogen) atoms. The van der Waals surface area contributed by atoms with Gasteiger partial charge in [-0.1, -0.05) is 30.4 Å². The Kier molecular flexibility index (Phi) is 0.803. The molecule has 0 N–H and O–H groups in total. The third-order valence-corrected chi connectivity index (χ3v) is 2.39. The molecule has 51 valence electrons. The fourth-order valence-corrected chi connectivity index (χ4v) is 1.85. The second-order valence-electron chi connectivity index (χ2n) is 3.02. The summed E-state index contributed by atoms with van der Waals surface area (Å²) >= 11 is 0. The SMILES string of the molecule is [c]1cccc2c1C1=CC=C2C1. The Labute approximate surface area is 65.9 Å². The van der Waals surface area contributed by atoms with Crippen LogP contribution in [-0.4, -0.2) is 0 Å². The Hall–Kier alpha value is -1.30. The van der Waals surface area contributed by atoms with Gasteiger partial charge in [-0.25, -0.2) is 0 Å². The van der Waals surface area contributed by atoms with E-state index in [1.54, 1.807) is 0 Å². The molecule has 0 saturated carbocycles. The highest BCUT2D eigenvalue weighted by molar-refractivity contribution is 5.97. The van der Waals surface area contributed by atoms with Gasteiger partial charge in [-0.15, -0.1) is 0 Å². The van der Waals surface area contributed by atoms with Gasteiger partial charge in [-0.2, -0.15) is 0 Å². The van der Waals surface area contributed by atoms with Crippen molar-refractivity contribution in [1.29, 1.82) is 0 Å². The van der Waals surface area contributed by atoms with Crippen LogP contribution in [0.4, 0.5) is 0 Å². The van der Waals surface area contributed by atoms with Crippen molar-refractivity contribution in [2.24, 2.45) is 0 Å². The first kappa shape index (κ1) is 5.36. The van der Waals surface area contributed by atoms with Crippen molar-refractivity contribution >= 4 is 11.1 Å². The van der Waals surface area contributed by atoms with Crippen LogP contribution in [0.3, 0.4) is 0 Å². The molecule has 0 heterocycles. The van der Waals surface area contributed by atoms with E-state index in [0.29, 0.717) is 0 Å². The van der Waals surface area contributed by atoms with Crippen molar-refractivity contribution in [2.45, 2.75) is 6.42 Å². The van der Waals surface area contributed by atoms with E-state index in [1.807, 2.05) is 6.07 Å². The number of rotatable bonds is 0. The van der Waals surface area contributed by atoms with Gasteiger partial charge >= 0.3 is 0 Å². The van der Waals surface area contributed by atoms with Crippen LogP contribution >= 0.6 is 0 Å². The lowest BCUT2D eigenvalue weighted by Crippen LogP contribution is -1.81. The second kappa shape index (κ2) is 1.65. The predicted molar refractivity (Wildman–Crippen MR) is 45.8 cm³/mol. The van der Waals surface area contributed by atoms with Crippen molar-refractivity contribution in [2.75, 3.05) is 0 Å². The summed E-state index contributed by atoms with van der Waals surface area (Å²) in [6.07, 6.45) is 5.55. The molecule has 0 aliphatic heterocycles. The molecular formula is C11H7. The van der Waals surface area contributed by atoms with Gasteiger partial charge in [0.25, 0.3) is 0 Å². The summed E-state index contributed by atoms with van der Waals surface area (Å²) in [5, 5.41) is 0. The number of hydrogen-bond donors (Lipinski definition) is 0. The van der Waals surface area contributed by atoms with Gasteiger partial charge in [-0.3, -0.25) is 0 Å². The highest BCUT2D eigenvalue weighted by Crippen LogP contribution is 2.43. The summed E-state index contributed by atoms with van der Waals surface area (Å²) in [5.74, 6) is 0. The molecule has 2 aliphatic carbocycles. The molecule has 0 heteroatoms. The van der Waals surface area contributed by atoms with Crippen molar-refractivity contribution in [3.8, 4) is 0 Å². The van der Waals surface area contributed by atoms with Crippen LogP contribution in [0.5, 0.6) is 0 Å². The summed E-state index contributed by atoms with van der Waals surface area (Å²) in [5.41, 5.74) is 5.62. The molecule has 2 aliphatic rings. The molecule has 0 nitrogen and oxygen atoms in total. The monoisotopic (exact) mass is 139 g/mol. The first-order chi connectivity index (χ1) is 5.45. The molecule has 0 unspecified atom stereocenters. The van der Waals surface area contributed by atoms with E-state index in [1.165, 1.54) is 22.3 Å². The minimum atomic E-state index is 1.13. The van der Waals surface area contributed by atoms with Crippen LogP contribution in [0, 0.1) is 6.07 Å². The normalized spacial score (nSPS) is 17.8. The largest absolute Gasteiger partial charge is 0.0610 e. The Morgan fingerprint density at radius 1 is 1.18 bits per heavy atom. The van der Waals surface area contributed by atoms with E-state index in [0.717, 1.165) is 6.42 Å². The fraction of sp³-hybridized carbons (Fsp3) is 0.0909. The van der Waals surface area contributed by atoms with Crippen LogP contribution in [0.25, 0.3) is 11.1 Å². The van der Waals surface area contributed by atoms with Crippen molar-refractivity contribution in [3.63, 3.8) is 0 Å². The molecule has 1 aromatic carbocycles. The maximum atomic E-state index is 3.27. The molecule has 0 aromatic heterocycles. The third-order valence-electron chi connectivity index (χ3n) is 2.39. The maximum absolute atomic E-state index is 3.27. The van der Waals surface area contributed by atoms with E-state index < -0.39 is 0 Å². The quantitative estimate of drug-likeness (QED) is 0.518. The molecule has 0 fully saturated rings. The second-order valence-corrected chi connectivity index (χ2v) is 3.02. The summed E-state index contributed by atoms with van der Waals surface area (Å²) < 4.78 is 0. The van der Waals surface area contributed by atoms with Crippen LogP contribution < -0.4 is 0 Å². The summed E-state index contributed by atoms with van der Waals surface area (Å²) in [6, 6.07) is 9.49. The number of benzene rings is 1. The first-order valence-corrected chi connectivity index (χ1v) is 3.86. The topological polar surface area (TPSA) is 0 Å². The van der Waals surface area contributed by atoms with E-state index in [-0.39, 0.29) is 0 Å².